The Kier molecular flexibility index (Phi) is 4.63. The Morgan fingerprint density at radius 2 is 1.56 bits per heavy atom. The van der Waals surface area contributed by atoms with Crippen molar-refractivity contribution in [3.63, 3.8) is 0 Å². The number of anilines is 3. The number of hydrogen-bond donors (Lipinski definition) is 0. The number of nitrogens with zero attached hydrogens (tertiary/aromatic N) is 7. The van der Waals surface area contributed by atoms with Gasteiger partial charge in [-0.05, 0) is 19.3 Å². The lowest BCUT2D eigenvalue weighted by molar-refractivity contribution is 0.638. The first-order chi connectivity index (χ1) is 12.3. The SMILES string of the molecule is CCc1cc(N2CCN(c3cnccn3)CC2)nc(N2CCCC2)n1. The molecule has 0 aromatic carbocycles. The average Bonchev–Trinajstić information content (AvgIpc) is 3.23. The third-order valence-electron chi connectivity index (χ3n) is 4.98. The highest BCUT2D eigenvalue weighted by molar-refractivity contribution is 5.48. The highest BCUT2D eigenvalue weighted by Crippen LogP contribution is 2.23. The van der Waals surface area contributed by atoms with E-state index < -0.39 is 0 Å². The van der Waals surface area contributed by atoms with Gasteiger partial charge in [0.2, 0.25) is 5.95 Å². The molecule has 2 aliphatic heterocycles. The number of rotatable bonds is 4. The average molecular weight is 339 g/mol. The number of hydrogen-bond acceptors (Lipinski definition) is 7. The van der Waals surface area contributed by atoms with Gasteiger partial charge in [-0.1, -0.05) is 6.92 Å². The first-order valence-corrected chi connectivity index (χ1v) is 9.22. The van der Waals surface area contributed by atoms with Crippen LogP contribution >= 0.6 is 0 Å². The summed E-state index contributed by atoms with van der Waals surface area (Å²) in [7, 11) is 0. The fourth-order valence-electron chi connectivity index (χ4n) is 3.49. The molecule has 0 unspecified atom stereocenters. The Morgan fingerprint density at radius 1 is 0.840 bits per heavy atom. The van der Waals surface area contributed by atoms with E-state index in [1.807, 2.05) is 6.20 Å². The second kappa shape index (κ2) is 7.21. The van der Waals surface area contributed by atoms with Gasteiger partial charge in [0.05, 0.1) is 6.20 Å². The van der Waals surface area contributed by atoms with Gasteiger partial charge >= 0.3 is 0 Å². The fourth-order valence-corrected chi connectivity index (χ4v) is 3.49. The normalized spacial score (nSPS) is 18.0. The lowest BCUT2D eigenvalue weighted by Crippen LogP contribution is -2.47. The molecule has 2 fully saturated rings. The molecule has 4 heterocycles. The molecule has 132 valence electrons. The third-order valence-corrected chi connectivity index (χ3v) is 4.98. The monoisotopic (exact) mass is 339 g/mol. The van der Waals surface area contributed by atoms with E-state index in [0.717, 1.165) is 69.0 Å². The maximum Gasteiger partial charge on any atom is 0.227 e. The van der Waals surface area contributed by atoms with E-state index in [1.54, 1.807) is 12.4 Å². The van der Waals surface area contributed by atoms with Crippen LogP contribution in [-0.2, 0) is 6.42 Å². The Balaban J connectivity index is 1.49. The molecule has 2 saturated heterocycles. The number of aryl methyl sites for hydroxylation is 1. The minimum atomic E-state index is 0.906. The summed E-state index contributed by atoms with van der Waals surface area (Å²) in [6.07, 6.45) is 8.73. The lowest BCUT2D eigenvalue weighted by Gasteiger charge is -2.36. The van der Waals surface area contributed by atoms with Gasteiger partial charge < -0.3 is 14.7 Å². The molecule has 2 aromatic heterocycles. The lowest BCUT2D eigenvalue weighted by atomic mass is 10.2. The summed E-state index contributed by atoms with van der Waals surface area (Å²) in [4.78, 5) is 25.2. The summed E-state index contributed by atoms with van der Waals surface area (Å²) >= 11 is 0. The van der Waals surface area contributed by atoms with Crippen LogP contribution in [0.3, 0.4) is 0 Å². The van der Waals surface area contributed by atoms with Gasteiger partial charge in [-0.15, -0.1) is 0 Å². The van der Waals surface area contributed by atoms with Crippen molar-refractivity contribution >= 4 is 17.6 Å². The largest absolute Gasteiger partial charge is 0.353 e. The van der Waals surface area contributed by atoms with Crippen molar-refractivity contribution in [2.24, 2.45) is 0 Å². The number of piperazine rings is 1. The molecule has 4 rings (SSSR count). The third kappa shape index (κ3) is 3.50. The predicted octanol–water partition coefficient (Wildman–Crippen LogP) is 1.76. The molecule has 25 heavy (non-hydrogen) atoms. The van der Waals surface area contributed by atoms with E-state index in [-0.39, 0.29) is 0 Å². The Morgan fingerprint density at radius 3 is 2.20 bits per heavy atom. The molecule has 0 atom stereocenters. The van der Waals surface area contributed by atoms with Crippen molar-refractivity contribution in [2.45, 2.75) is 26.2 Å². The molecule has 7 heteroatoms. The summed E-state index contributed by atoms with van der Waals surface area (Å²) in [5.74, 6) is 2.92. The van der Waals surface area contributed by atoms with Crippen molar-refractivity contribution in [3.05, 3.63) is 30.4 Å². The van der Waals surface area contributed by atoms with Crippen LogP contribution in [0, 0.1) is 0 Å². The zero-order valence-electron chi connectivity index (χ0n) is 14.8. The van der Waals surface area contributed by atoms with Crippen molar-refractivity contribution in [1.82, 2.24) is 19.9 Å². The maximum absolute atomic E-state index is 4.88. The Labute approximate surface area is 148 Å². The quantitative estimate of drug-likeness (QED) is 0.841. The van der Waals surface area contributed by atoms with Crippen LogP contribution in [0.4, 0.5) is 17.6 Å². The predicted molar refractivity (Wildman–Crippen MR) is 99.3 cm³/mol. The smallest absolute Gasteiger partial charge is 0.227 e. The van der Waals surface area contributed by atoms with Gasteiger partial charge in [0.1, 0.15) is 11.6 Å². The topological polar surface area (TPSA) is 61.3 Å². The van der Waals surface area contributed by atoms with Gasteiger partial charge in [0.15, 0.2) is 0 Å². The van der Waals surface area contributed by atoms with E-state index >= 15 is 0 Å². The summed E-state index contributed by atoms with van der Waals surface area (Å²) in [5, 5.41) is 0. The van der Waals surface area contributed by atoms with Crippen molar-refractivity contribution in [2.75, 3.05) is 54.0 Å². The molecular formula is C18H25N7. The van der Waals surface area contributed by atoms with E-state index in [2.05, 4.69) is 37.7 Å². The first-order valence-electron chi connectivity index (χ1n) is 9.22. The maximum atomic E-state index is 4.88. The summed E-state index contributed by atoms with van der Waals surface area (Å²) in [6, 6.07) is 2.15. The second-order valence-corrected chi connectivity index (χ2v) is 6.60. The van der Waals surface area contributed by atoms with Gasteiger partial charge in [0.25, 0.3) is 0 Å². The van der Waals surface area contributed by atoms with E-state index in [1.165, 1.54) is 12.8 Å². The highest BCUT2D eigenvalue weighted by Gasteiger charge is 2.22. The molecule has 0 bridgehead atoms. The Hall–Kier alpha value is -2.44. The van der Waals surface area contributed by atoms with Gasteiger partial charge in [-0.25, -0.2) is 9.97 Å². The van der Waals surface area contributed by atoms with E-state index in [0.29, 0.717) is 0 Å². The summed E-state index contributed by atoms with van der Waals surface area (Å²) in [5.41, 5.74) is 1.13. The van der Waals surface area contributed by atoms with Crippen LogP contribution in [-0.4, -0.2) is 59.2 Å². The van der Waals surface area contributed by atoms with Crippen LogP contribution in [0.2, 0.25) is 0 Å². The van der Waals surface area contributed by atoms with E-state index in [9.17, 15) is 0 Å². The van der Waals surface area contributed by atoms with Gasteiger partial charge in [-0.2, -0.15) is 4.98 Å². The summed E-state index contributed by atoms with van der Waals surface area (Å²) < 4.78 is 0. The molecule has 7 nitrogen and oxygen atoms in total. The van der Waals surface area contributed by atoms with Crippen molar-refractivity contribution in [1.29, 1.82) is 0 Å². The molecule has 0 radical (unpaired) electrons. The molecule has 0 N–H and O–H groups in total. The molecular weight excluding hydrogens is 314 g/mol. The van der Waals surface area contributed by atoms with Crippen molar-refractivity contribution in [3.8, 4) is 0 Å². The minimum Gasteiger partial charge on any atom is -0.353 e. The van der Waals surface area contributed by atoms with Crippen LogP contribution in [0.15, 0.2) is 24.7 Å². The number of aromatic nitrogens is 4. The van der Waals surface area contributed by atoms with Crippen molar-refractivity contribution < 1.29 is 0 Å². The second-order valence-electron chi connectivity index (χ2n) is 6.60. The highest BCUT2D eigenvalue weighted by atomic mass is 15.3. The fraction of sp³-hybridized carbons (Fsp3) is 0.556. The first kappa shape index (κ1) is 16.1. The van der Waals surface area contributed by atoms with Gasteiger partial charge in [-0.3, -0.25) is 4.98 Å². The van der Waals surface area contributed by atoms with Crippen LogP contribution in [0.25, 0.3) is 0 Å². The minimum absolute atomic E-state index is 0.906. The molecule has 0 spiro atoms. The standard InChI is InChI=1S/C18H25N7/c1-2-15-13-16(22-18(21-15)25-7-3-4-8-25)23-9-11-24(12-10-23)17-14-19-5-6-20-17/h5-6,13-14H,2-4,7-12H2,1H3. The van der Waals surface area contributed by atoms with Gasteiger partial charge in [0, 0.05) is 63.4 Å². The Bertz CT molecular complexity index is 692. The van der Waals surface area contributed by atoms with Crippen LogP contribution < -0.4 is 14.7 Å². The van der Waals surface area contributed by atoms with Crippen LogP contribution in [0.5, 0.6) is 0 Å². The molecule has 0 aliphatic carbocycles. The van der Waals surface area contributed by atoms with Crippen LogP contribution in [0.1, 0.15) is 25.5 Å². The van der Waals surface area contributed by atoms with E-state index in [4.69, 9.17) is 9.97 Å². The zero-order chi connectivity index (χ0) is 17.1. The molecule has 0 amide bonds. The zero-order valence-corrected chi connectivity index (χ0v) is 14.8. The molecule has 2 aliphatic rings. The summed E-state index contributed by atoms with van der Waals surface area (Å²) in [6.45, 7) is 8.06. The molecule has 0 saturated carbocycles. The molecule has 2 aromatic rings.